The number of sulfonamides is 1. The third-order valence-electron chi connectivity index (χ3n) is 2.29. The standard InChI is InChI=1S/C10H13N3O3S2/c1-13-3-2-9(12-13)5-11-18(15,16)10-4-8(6-14)7-17-10/h2-4,7,11,14H,5-6H2,1H3. The molecule has 0 radical (unpaired) electrons. The van der Waals surface area contributed by atoms with Crippen molar-refractivity contribution < 1.29 is 13.5 Å². The Balaban J connectivity index is 2.07. The number of hydrogen-bond donors (Lipinski definition) is 2. The van der Waals surface area contributed by atoms with Crippen molar-refractivity contribution in [1.82, 2.24) is 14.5 Å². The molecule has 2 aromatic heterocycles. The lowest BCUT2D eigenvalue weighted by Crippen LogP contribution is -2.22. The molecule has 0 amide bonds. The number of thiophene rings is 1. The molecule has 0 spiro atoms. The molecule has 0 aromatic carbocycles. The van der Waals surface area contributed by atoms with Gasteiger partial charge in [-0.05, 0) is 23.1 Å². The molecule has 2 heterocycles. The van der Waals surface area contributed by atoms with Crippen LogP contribution in [0.25, 0.3) is 0 Å². The van der Waals surface area contributed by atoms with Crippen LogP contribution in [0.5, 0.6) is 0 Å². The fourth-order valence-corrected chi connectivity index (χ4v) is 3.62. The second kappa shape index (κ2) is 5.19. The molecule has 2 rings (SSSR count). The Bertz CT molecular complexity index is 630. The van der Waals surface area contributed by atoms with Gasteiger partial charge in [-0.15, -0.1) is 11.3 Å². The van der Waals surface area contributed by atoms with E-state index in [2.05, 4.69) is 9.82 Å². The van der Waals surface area contributed by atoms with Gasteiger partial charge in [0.15, 0.2) is 0 Å². The van der Waals surface area contributed by atoms with Crippen LogP contribution < -0.4 is 4.72 Å². The first-order valence-corrected chi connectivity index (χ1v) is 7.54. The number of aliphatic hydroxyl groups excluding tert-OH is 1. The van der Waals surface area contributed by atoms with Crippen LogP contribution in [0.15, 0.2) is 27.9 Å². The first-order chi connectivity index (χ1) is 8.51. The normalized spacial score (nSPS) is 11.9. The SMILES string of the molecule is Cn1ccc(CNS(=O)(=O)c2cc(CO)cs2)n1. The summed E-state index contributed by atoms with van der Waals surface area (Å²) >= 11 is 1.09. The highest BCUT2D eigenvalue weighted by Gasteiger charge is 2.16. The zero-order valence-corrected chi connectivity index (χ0v) is 11.3. The zero-order chi connectivity index (χ0) is 13.2. The molecule has 0 unspecified atom stereocenters. The van der Waals surface area contributed by atoms with E-state index in [1.165, 1.54) is 6.07 Å². The van der Waals surface area contributed by atoms with Crippen molar-refractivity contribution in [2.24, 2.45) is 7.05 Å². The molecule has 98 valence electrons. The summed E-state index contributed by atoms with van der Waals surface area (Å²) < 4.78 is 28.1. The summed E-state index contributed by atoms with van der Waals surface area (Å²) in [6, 6.07) is 3.21. The van der Waals surface area contributed by atoms with Gasteiger partial charge in [0.1, 0.15) is 4.21 Å². The molecule has 0 aliphatic heterocycles. The van der Waals surface area contributed by atoms with E-state index in [1.807, 2.05) is 0 Å². The summed E-state index contributed by atoms with van der Waals surface area (Å²) in [5.41, 5.74) is 1.25. The predicted octanol–water partition coefficient (Wildman–Crippen LogP) is 0.452. The average Bonchev–Trinajstić information content (AvgIpc) is 2.95. The van der Waals surface area contributed by atoms with Gasteiger partial charge in [-0.25, -0.2) is 13.1 Å². The monoisotopic (exact) mass is 287 g/mol. The molecule has 0 saturated heterocycles. The van der Waals surface area contributed by atoms with E-state index in [1.54, 1.807) is 29.4 Å². The van der Waals surface area contributed by atoms with E-state index in [4.69, 9.17) is 5.11 Å². The van der Waals surface area contributed by atoms with Gasteiger partial charge in [0.2, 0.25) is 10.0 Å². The maximum atomic E-state index is 11.9. The lowest BCUT2D eigenvalue weighted by atomic mass is 10.4. The quantitative estimate of drug-likeness (QED) is 0.836. The Morgan fingerprint density at radius 2 is 2.33 bits per heavy atom. The Hall–Kier alpha value is -1.22. The van der Waals surface area contributed by atoms with Crippen LogP contribution in [0.4, 0.5) is 0 Å². The highest BCUT2D eigenvalue weighted by atomic mass is 32.2. The van der Waals surface area contributed by atoms with Crippen LogP contribution in [0.1, 0.15) is 11.3 Å². The van der Waals surface area contributed by atoms with Crippen molar-refractivity contribution in [1.29, 1.82) is 0 Å². The maximum absolute atomic E-state index is 11.9. The first kappa shape index (κ1) is 13.2. The molecule has 0 aliphatic rings. The highest BCUT2D eigenvalue weighted by Crippen LogP contribution is 2.20. The summed E-state index contributed by atoms with van der Waals surface area (Å²) in [5, 5.41) is 14.6. The van der Waals surface area contributed by atoms with Gasteiger partial charge < -0.3 is 5.11 Å². The minimum Gasteiger partial charge on any atom is -0.392 e. The van der Waals surface area contributed by atoms with Gasteiger partial charge >= 0.3 is 0 Å². The zero-order valence-electron chi connectivity index (χ0n) is 9.70. The molecule has 2 N–H and O–H groups in total. The first-order valence-electron chi connectivity index (χ1n) is 5.18. The van der Waals surface area contributed by atoms with E-state index < -0.39 is 10.0 Å². The van der Waals surface area contributed by atoms with Gasteiger partial charge in [0.25, 0.3) is 0 Å². The molecular weight excluding hydrogens is 274 g/mol. The molecule has 0 atom stereocenters. The van der Waals surface area contributed by atoms with E-state index in [9.17, 15) is 8.42 Å². The maximum Gasteiger partial charge on any atom is 0.250 e. The Morgan fingerprint density at radius 1 is 1.56 bits per heavy atom. The van der Waals surface area contributed by atoms with Gasteiger partial charge in [0.05, 0.1) is 18.8 Å². The van der Waals surface area contributed by atoms with Crippen molar-refractivity contribution in [3.05, 3.63) is 35.0 Å². The summed E-state index contributed by atoms with van der Waals surface area (Å²) in [6.45, 7) is -0.0121. The molecule has 6 nitrogen and oxygen atoms in total. The van der Waals surface area contributed by atoms with Gasteiger partial charge in [-0.2, -0.15) is 5.10 Å². The number of nitrogens with zero attached hydrogens (tertiary/aromatic N) is 2. The topological polar surface area (TPSA) is 84.2 Å². The van der Waals surface area contributed by atoms with E-state index in [-0.39, 0.29) is 17.4 Å². The van der Waals surface area contributed by atoms with Crippen LogP contribution in [0.2, 0.25) is 0 Å². The van der Waals surface area contributed by atoms with E-state index in [0.717, 1.165) is 11.3 Å². The van der Waals surface area contributed by atoms with Crippen LogP contribution >= 0.6 is 11.3 Å². The number of hydrogen-bond acceptors (Lipinski definition) is 5. The molecule has 0 aliphatic carbocycles. The number of rotatable bonds is 5. The second-order valence-corrected chi connectivity index (χ2v) is 6.64. The fourth-order valence-electron chi connectivity index (χ4n) is 1.37. The Morgan fingerprint density at radius 3 is 2.89 bits per heavy atom. The van der Waals surface area contributed by atoms with Crippen molar-refractivity contribution in [2.75, 3.05) is 0 Å². The third-order valence-corrected chi connectivity index (χ3v) is 5.18. The molecule has 0 saturated carbocycles. The van der Waals surface area contributed by atoms with Gasteiger partial charge in [-0.1, -0.05) is 0 Å². The largest absolute Gasteiger partial charge is 0.392 e. The number of aromatic nitrogens is 2. The predicted molar refractivity (Wildman–Crippen MR) is 67.5 cm³/mol. The molecule has 18 heavy (non-hydrogen) atoms. The van der Waals surface area contributed by atoms with Crippen molar-refractivity contribution >= 4 is 21.4 Å². The Labute approximate surface area is 109 Å². The molecule has 8 heteroatoms. The minimum atomic E-state index is -3.53. The number of aliphatic hydroxyl groups is 1. The number of aryl methyl sites for hydroxylation is 1. The summed E-state index contributed by atoms with van der Waals surface area (Å²) in [4.78, 5) is 0. The van der Waals surface area contributed by atoms with E-state index in [0.29, 0.717) is 11.3 Å². The van der Waals surface area contributed by atoms with Crippen LogP contribution in [-0.4, -0.2) is 23.3 Å². The number of nitrogens with one attached hydrogen (secondary N) is 1. The van der Waals surface area contributed by atoms with Crippen LogP contribution in [0.3, 0.4) is 0 Å². The molecule has 0 fully saturated rings. The average molecular weight is 287 g/mol. The van der Waals surface area contributed by atoms with Crippen molar-refractivity contribution in [2.45, 2.75) is 17.4 Å². The molecular formula is C10H13N3O3S2. The summed E-state index contributed by atoms with van der Waals surface area (Å²) in [5.74, 6) is 0. The van der Waals surface area contributed by atoms with Gasteiger partial charge in [0, 0.05) is 13.2 Å². The van der Waals surface area contributed by atoms with Crippen molar-refractivity contribution in [3.63, 3.8) is 0 Å². The third kappa shape index (κ3) is 2.96. The van der Waals surface area contributed by atoms with Crippen LogP contribution in [0, 0.1) is 0 Å². The second-order valence-electron chi connectivity index (χ2n) is 3.74. The lowest BCUT2D eigenvalue weighted by molar-refractivity contribution is 0.282. The van der Waals surface area contributed by atoms with E-state index >= 15 is 0 Å². The molecule has 2 aromatic rings. The van der Waals surface area contributed by atoms with Crippen LogP contribution in [-0.2, 0) is 30.2 Å². The smallest absolute Gasteiger partial charge is 0.250 e. The highest BCUT2D eigenvalue weighted by molar-refractivity contribution is 7.91. The molecule has 0 bridgehead atoms. The summed E-state index contributed by atoms with van der Waals surface area (Å²) in [7, 11) is -1.76. The lowest BCUT2D eigenvalue weighted by Gasteiger charge is -2.02. The Kier molecular flexibility index (Phi) is 3.81. The van der Waals surface area contributed by atoms with Crippen molar-refractivity contribution in [3.8, 4) is 0 Å². The summed E-state index contributed by atoms with van der Waals surface area (Å²) in [6.07, 6.45) is 1.75. The fraction of sp³-hybridized carbons (Fsp3) is 0.300. The minimum absolute atomic E-state index is 0.148. The van der Waals surface area contributed by atoms with Gasteiger partial charge in [-0.3, -0.25) is 4.68 Å².